The predicted molar refractivity (Wildman–Crippen MR) is 78.7 cm³/mol. The second-order valence-corrected chi connectivity index (χ2v) is 5.77. The van der Waals surface area contributed by atoms with Crippen molar-refractivity contribution in [2.75, 3.05) is 13.1 Å². The number of nitrogens with two attached hydrogens (primary N) is 1. The molecule has 1 aliphatic heterocycles. The number of hydrogen-bond acceptors (Lipinski definition) is 2. The first-order valence-corrected chi connectivity index (χ1v) is 6.83. The van der Waals surface area contributed by atoms with Crippen LogP contribution in [0.3, 0.4) is 0 Å². The summed E-state index contributed by atoms with van der Waals surface area (Å²) >= 11 is 5.98. The fraction of sp³-hybridized carbons (Fsp3) is 0.500. The second-order valence-electron chi connectivity index (χ2n) is 5.34. The van der Waals surface area contributed by atoms with E-state index in [1.807, 2.05) is 23.1 Å². The Kier molecular flexibility index (Phi) is 4.39. The Morgan fingerprint density at radius 3 is 2.84 bits per heavy atom. The number of hydrogen-bond donors (Lipinski definition) is 1. The van der Waals surface area contributed by atoms with E-state index in [4.69, 9.17) is 17.3 Å². The smallest absolute Gasteiger partial charge is 0.226 e. The molecular formula is C14H18Cl2N2O. The average molecular weight is 301 g/mol. The number of nitrogens with zero attached hydrogens (tertiary/aromatic N) is 1. The van der Waals surface area contributed by atoms with Gasteiger partial charge in [0.25, 0.3) is 0 Å². The summed E-state index contributed by atoms with van der Waals surface area (Å²) in [5, 5.41) is 0.744. The largest absolute Gasteiger partial charge is 0.341 e. The minimum atomic E-state index is 0. The lowest BCUT2D eigenvalue weighted by Crippen LogP contribution is -2.33. The number of amides is 1. The van der Waals surface area contributed by atoms with Gasteiger partial charge in [-0.2, -0.15) is 0 Å². The highest BCUT2D eigenvalue weighted by Crippen LogP contribution is 2.49. The van der Waals surface area contributed by atoms with Crippen LogP contribution in [0.1, 0.15) is 24.3 Å². The lowest BCUT2D eigenvalue weighted by Gasteiger charge is -2.15. The molecule has 2 aliphatic rings. The minimum absolute atomic E-state index is 0. The van der Waals surface area contributed by atoms with E-state index in [1.165, 1.54) is 5.56 Å². The Morgan fingerprint density at radius 2 is 2.21 bits per heavy atom. The Balaban J connectivity index is 0.00000133. The monoisotopic (exact) mass is 300 g/mol. The third-order valence-electron chi connectivity index (χ3n) is 3.92. The summed E-state index contributed by atoms with van der Waals surface area (Å²) in [6.07, 6.45) is 1.88. The van der Waals surface area contributed by atoms with Gasteiger partial charge in [0.1, 0.15) is 0 Å². The van der Waals surface area contributed by atoms with E-state index in [2.05, 4.69) is 6.07 Å². The first kappa shape index (κ1) is 14.6. The summed E-state index contributed by atoms with van der Waals surface area (Å²) in [5.41, 5.74) is 7.02. The van der Waals surface area contributed by atoms with Gasteiger partial charge in [-0.15, -0.1) is 12.4 Å². The van der Waals surface area contributed by atoms with E-state index in [9.17, 15) is 4.79 Å². The molecule has 104 valence electrons. The van der Waals surface area contributed by atoms with Crippen LogP contribution in [0.25, 0.3) is 0 Å². The number of carbonyl (C=O) groups excluding carboxylic acids is 1. The van der Waals surface area contributed by atoms with Crippen molar-refractivity contribution in [1.29, 1.82) is 0 Å². The van der Waals surface area contributed by atoms with Crippen LogP contribution in [0.15, 0.2) is 24.3 Å². The normalized spacial score (nSPS) is 28.9. The Labute approximate surface area is 124 Å². The van der Waals surface area contributed by atoms with Crippen molar-refractivity contribution in [3.8, 4) is 0 Å². The molecule has 5 heteroatoms. The van der Waals surface area contributed by atoms with E-state index in [0.717, 1.165) is 31.0 Å². The maximum Gasteiger partial charge on any atom is 0.226 e. The van der Waals surface area contributed by atoms with Gasteiger partial charge in [0, 0.05) is 30.1 Å². The highest BCUT2D eigenvalue weighted by atomic mass is 35.5. The molecule has 1 heterocycles. The predicted octanol–water partition coefficient (Wildman–Crippen LogP) is 2.42. The third kappa shape index (κ3) is 3.04. The molecule has 2 fully saturated rings. The Bertz CT molecular complexity index is 480. The highest BCUT2D eigenvalue weighted by Gasteiger charge is 2.46. The minimum Gasteiger partial charge on any atom is -0.341 e. The molecule has 19 heavy (non-hydrogen) atoms. The molecule has 1 saturated carbocycles. The highest BCUT2D eigenvalue weighted by molar-refractivity contribution is 6.30. The molecule has 0 spiro atoms. The standard InChI is InChI=1S/C14H17ClN2O.ClH/c15-10-3-1-2-9(6-10)12-7-13(12)14(18)17-5-4-11(16)8-17;/h1-3,6,11-13H,4-5,7-8,16H2;1H/t11-,12?,13?;/m1./s1. The molecule has 1 amide bonds. The molecule has 0 bridgehead atoms. The van der Waals surface area contributed by atoms with Crippen molar-refractivity contribution in [1.82, 2.24) is 4.90 Å². The van der Waals surface area contributed by atoms with E-state index < -0.39 is 0 Å². The zero-order valence-electron chi connectivity index (χ0n) is 10.6. The van der Waals surface area contributed by atoms with E-state index in [-0.39, 0.29) is 30.3 Å². The SMILES string of the molecule is Cl.N[C@@H]1CCN(C(=O)C2CC2c2cccc(Cl)c2)C1. The van der Waals surface area contributed by atoms with Crippen LogP contribution in [0.2, 0.25) is 5.02 Å². The molecule has 1 aromatic rings. The van der Waals surface area contributed by atoms with Crippen LogP contribution < -0.4 is 5.73 Å². The van der Waals surface area contributed by atoms with Crippen molar-refractivity contribution >= 4 is 29.9 Å². The first-order chi connectivity index (χ1) is 8.65. The van der Waals surface area contributed by atoms with Gasteiger partial charge in [0.05, 0.1) is 0 Å². The van der Waals surface area contributed by atoms with Crippen LogP contribution in [0.4, 0.5) is 0 Å². The Hall–Kier alpha value is -0.770. The molecule has 3 atom stereocenters. The molecule has 2 unspecified atom stereocenters. The van der Waals surface area contributed by atoms with Crippen LogP contribution in [0, 0.1) is 5.92 Å². The van der Waals surface area contributed by atoms with Crippen LogP contribution in [0.5, 0.6) is 0 Å². The lowest BCUT2D eigenvalue weighted by molar-refractivity contribution is -0.131. The number of carbonyl (C=O) groups is 1. The van der Waals surface area contributed by atoms with Gasteiger partial charge in [-0.3, -0.25) is 4.79 Å². The van der Waals surface area contributed by atoms with Gasteiger partial charge in [-0.05, 0) is 36.5 Å². The molecule has 0 aromatic heterocycles. The molecule has 3 nitrogen and oxygen atoms in total. The first-order valence-electron chi connectivity index (χ1n) is 6.45. The molecular weight excluding hydrogens is 283 g/mol. The maximum atomic E-state index is 12.3. The van der Waals surface area contributed by atoms with E-state index in [1.54, 1.807) is 0 Å². The number of rotatable bonds is 2. The van der Waals surface area contributed by atoms with Crippen molar-refractivity contribution in [3.05, 3.63) is 34.9 Å². The van der Waals surface area contributed by atoms with Crippen molar-refractivity contribution in [3.63, 3.8) is 0 Å². The average Bonchev–Trinajstić information content (AvgIpc) is 3.04. The van der Waals surface area contributed by atoms with Crippen molar-refractivity contribution < 1.29 is 4.79 Å². The topological polar surface area (TPSA) is 46.3 Å². The molecule has 3 rings (SSSR count). The van der Waals surface area contributed by atoms with E-state index >= 15 is 0 Å². The summed E-state index contributed by atoms with van der Waals surface area (Å²) < 4.78 is 0. The zero-order valence-corrected chi connectivity index (χ0v) is 12.2. The summed E-state index contributed by atoms with van der Waals surface area (Å²) in [5.74, 6) is 0.773. The van der Waals surface area contributed by atoms with Gasteiger partial charge >= 0.3 is 0 Å². The summed E-state index contributed by atoms with van der Waals surface area (Å²) in [6, 6.07) is 8.00. The van der Waals surface area contributed by atoms with Crippen molar-refractivity contribution in [2.24, 2.45) is 11.7 Å². The molecule has 1 saturated heterocycles. The molecule has 0 radical (unpaired) electrons. The lowest BCUT2D eigenvalue weighted by atomic mass is 10.1. The Morgan fingerprint density at radius 1 is 1.42 bits per heavy atom. The number of likely N-dealkylation sites (tertiary alicyclic amines) is 1. The second kappa shape index (κ2) is 5.70. The number of benzene rings is 1. The zero-order chi connectivity index (χ0) is 12.7. The van der Waals surface area contributed by atoms with Gasteiger partial charge < -0.3 is 10.6 Å². The summed E-state index contributed by atoms with van der Waals surface area (Å²) in [4.78, 5) is 14.2. The fourth-order valence-electron chi connectivity index (χ4n) is 2.80. The van der Waals surface area contributed by atoms with Crippen LogP contribution in [-0.2, 0) is 4.79 Å². The summed E-state index contributed by atoms with van der Waals surface area (Å²) in [6.45, 7) is 1.54. The quantitative estimate of drug-likeness (QED) is 0.912. The molecule has 2 N–H and O–H groups in total. The van der Waals surface area contributed by atoms with Crippen molar-refractivity contribution in [2.45, 2.75) is 24.8 Å². The molecule has 1 aromatic carbocycles. The fourth-order valence-corrected chi connectivity index (χ4v) is 2.99. The van der Waals surface area contributed by atoms with Gasteiger partial charge in [0.2, 0.25) is 5.91 Å². The van der Waals surface area contributed by atoms with Crippen LogP contribution >= 0.6 is 24.0 Å². The van der Waals surface area contributed by atoms with Gasteiger partial charge in [-0.25, -0.2) is 0 Å². The maximum absolute atomic E-state index is 12.3. The van der Waals surface area contributed by atoms with Gasteiger partial charge in [0.15, 0.2) is 0 Å². The molecule has 1 aliphatic carbocycles. The third-order valence-corrected chi connectivity index (χ3v) is 4.16. The van der Waals surface area contributed by atoms with Gasteiger partial charge in [-0.1, -0.05) is 23.7 Å². The summed E-state index contributed by atoms with van der Waals surface area (Å²) in [7, 11) is 0. The van der Waals surface area contributed by atoms with E-state index in [0.29, 0.717) is 5.92 Å². The van der Waals surface area contributed by atoms with Crippen LogP contribution in [-0.4, -0.2) is 29.9 Å². The number of halogens is 2.